The molecule has 5 nitrogen and oxygen atoms in total. The van der Waals surface area contributed by atoms with Gasteiger partial charge < -0.3 is 15.0 Å². The Kier molecular flexibility index (Phi) is 4.06. The second kappa shape index (κ2) is 5.29. The molecule has 2 heterocycles. The molecule has 0 aromatic heterocycles. The van der Waals surface area contributed by atoms with Gasteiger partial charge >= 0.3 is 6.09 Å². The minimum atomic E-state index is -0.412. The second-order valence-electron chi connectivity index (χ2n) is 6.73. The first kappa shape index (κ1) is 14.6. The van der Waals surface area contributed by atoms with Gasteiger partial charge in [0.1, 0.15) is 5.60 Å². The highest BCUT2D eigenvalue weighted by atomic mass is 16.6. The molecular weight excluding hydrogens is 242 g/mol. The largest absolute Gasteiger partial charge is 0.444 e. The van der Waals surface area contributed by atoms with Gasteiger partial charge in [0, 0.05) is 44.3 Å². The highest BCUT2D eigenvalue weighted by Gasteiger charge is 2.45. The monoisotopic (exact) mass is 269 g/mol. The molecule has 2 rings (SSSR count). The summed E-state index contributed by atoms with van der Waals surface area (Å²) in [5, 5.41) is 3.40. The van der Waals surface area contributed by atoms with Gasteiger partial charge in [-0.25, -0.2) is 4.79 Å². The van der Waals surface area contributed by atoms with Crippen LogP contribution in [0, 0.1) is 0 Å². The van der Waals surface area contributed by atoms with Crippen LogP contribution in [0.3, 0.4) is 0 Å². The number of nitrogens with one attached hydrogen (secondary N) is 1. The molecule has 1 unspecified atom stereocenters. The van der Waals surface area contributed by atoms with Crippen molar-refractivity contribution < 1.29 is 9.53 Å². The van der Waals surface area contributed by atoms with Gasteiger partial charge in [0.05, 0.1) is 0 Å². The number of nitrogens with zero attached hydrogens (tertiary/aromatic N) is 2. The zero-order valence-corrected chi connectivity index (χ0v) is 12.8. The van der Waals surface area contributed by atoms with E-state index in [4.69, 9.17) is 4.74 Å². The molecule has 0 bridgehead atoms. The van der Waals surface area contributed by atoms with E-state index in [1.165, 1.54) is 0 Å². The van der Waals surface area contributed by atoms with Gasteiger partial charge in [-0.1, -0.05) is 0 Å². The Morgan fingerprint density at radius 2 is 2.00 bits per heavy atom. The zero-order valence-electron chi connectivity index (χ0n) is 12.8. The number of ether oxygens (including phenoxy) is 1. The third kappa shape index (κ3) is 3.20. The Morgan fingerprint density at radius 3 is 2.53 bits per heavy atom. The van der Waals surface area contributed by atoms with E-state index in [0.29, 0.717) is 12.1 Å². The van der Waals surface area contributed by atoms with Gasteiger partial charge in [0.15, 0.2) is 0 Å². The quantitative estimate of drug-likeness (QED) is 0.779. The molecule has 2 fully saturated rings. The summed E-state index contributed by atoms with van der Waals surface area (Å²) in [6.45, 7) is 14.0. The van der Waals surface area contributed by atoms with E-state index in [2.05, 4.69) is 24.1 Å². The minimum absolute atomic E-state index is 0.181. The number of rotatable bonds is 1. The fourth-order valence-electron chi connectivity index (χ4n) is 2.88. The molecule has 0 saturated carbocycles. The second-order valence-corrected chi connectivity index (χ2v) is 6.73. The first-order chi connectivity index (χ1) is 8.79. The summed E-state index contributed by atoms with van der Waals surface area (Å²) in [6.07, 6.45) is -0.181. The maximum atomic E-state index is 12.0. The Labute approximate surface area is 116 Å². The van der Waals surface area contributed by atoms with Crippen LogP contribution >= 0.6 is 0 Å². The molecular formula is C14H27N3O2. The molecule has 3 atom stereocenters. The Morgan fingerprint density at radius 1 is 1.32 bits per heavy atom. The SMILES string of the molecule is C[C@@H]1C(N2CCNC[C@H]2C)CN1C(=O)OC(C)(C)C. The van der Waals surface area contributed by atoms with Crippen LogP contribution in [0.1, 0.15) is 34.6 Å². The predicted octanol–water partition coefficient (Wildman–Crippen LogP) is 1.29. The van der Waals surface area contributed by atoms with Crippen molar-refractivity contribution in [1.29, 1.82) is 0 Å². The maximum absolute atomic E-state index is 12.0. The number of piperazine rings is 1. The van der Waals surface area contributed by atoms with E-state index in [1.807, 2.05) is 25.7 Å². The van der Waals surface area contributed by atoms with Gasteiger partial charge in [0.25, 0.3) is 0 Å². The van der Waals surface area contributed by atoms with Gasteiger partial charge in [-0.3, -0.25) is 4.90 Å². The highest BCUT2D eigenvalue weighted by molar-refractivity contribution is 5.70. The molecule has 0 aliphatic carbocycles. The Balaban J connectivity index is 1.88. The summed E-state index contributed by atoms with van der Waals surface area (Å²) in [5.41, 5.74) is -0.412. The lowest BCUT2D eigenvalue weighted by Crippen LogP contribution is -2.70. The summed E-state index contributed by atoms with van der Waals surface area (Å²) >= 11 is 0. The van der Waals surface area contributed by atoms with Crippen LogP contribution in [-0.4, -0.2) is 65.8 Å². The van der Waals surface area contributed by atoms with E-state index >= 15 is 0 Å². The first-order valence-corrected chi connectivity index (χ1v) is 7.25. The summed E-state index contributed by atoms with van der Waals surface area (Å²) in [6, 6.07) is 1.27. The Hall–Kier alpha value is -0.810. The van der Waals surface area contributed by atoms with Crippen LogP contribution in [0.25, 0.3) is 0 Å². The molecule has 0 aromatic rings. The average Bonchev–Trinajstić information content (AvgIpc) is 2.27. The van der Waals surface area contributed by atoms with Crippen molar-refractivity contribution in [3.8, 4) is 0 Å². The third-order valence-corrected chi connectivity index (χ3v) is 4.04. The lowest BCUT2D eigenvalue weighted by Gasteiger charge is -2.53. The summed E-state index contributed by atoms with van der Waals surface area (Å²) in [4.78, 5) is 16.4. The smallest absolute Gasteiger partial charge is 0.410 e. The number of carbonyl (C=O) groups is 1. The molecule has 2 aliphatic heterocycles. The number of amides is 1. The van der Waals surface area contributed by atoms with E-state index in [0.717, 1.165) is 26.2 Å². The van der Waals surface area contributed by atoms with Crippen molar-refractivity contribution in [1.82, 2.24) is 15.1 Å². The van der Waals surface area contributed by atoms with Crippen molar-refractivity contribution in [2.24, 2.45) is 0 Å². The van der Waals surface area contributed by atoms with Crippen LogP contribution in [0.15, 0.2) is 0 Å². The molecule has 19 heavy (non-hydrogen) atoms. The van der Waals surface area contributed by atoms with E-state index in [1.54, 1.807) is 0 Å². The number of hydrogen-bond acceptors (Lipinski definition) is 4. The standard InChI is InChI=1S/C14H27N3O2/c1-10-8-15-6-7-16(10)12-9-17(11(12)2)13(18)19-14(3,4)5/h10-12,15H,6-9H2,1-5H3/t10-,11-,12?/m1/s1. The van der Waals surface area contributed by atoms with Crippen molar-refractivity contribution in [2.75, 3.05) is 26.2 Å². The van der Waals surface area contributed by atoms with Gasteiger partial charge in [-0.05, 0) is 34.6 Å². The maximum Gasteiger partial charge on any atom is 0.410 e. The van der Waals surface area contributed by atoms with Crippen LogP contribution in [0.4, 0.5) is 4.79 Å². The summed E-state index contributed by atoms with van der Waals surface area (Å²) in [5.74, 6) is 0. The van der Waals surface area contributed by atoms with Crippen molar-refractivity contribution in [3.05, 3.63) is 0 Å². The molecule has 110 valence electrons. The number of likely N-dealkylation sites (tertiary alicyclic amines) is 1. The minimum Gasteiger partial charge on any atom is -0.444 e. The summed E-state index contributed by atoms with van der Waals surface area (Å²) < 4.78 is 5.43. The molecule has 0 radical (unpaired) electrons. The van der Waals surface area contributed by atoms with Crippen LogP contribution < -0.4 is 5.32 Å². The molecule has 0 spiro atoms. The lowest BCUT2D eigenvalue weighted by atomic mass is 9.94. The van der Waals surface area contributed by atoms with E-state index in [-0.39, 0.29) is 12.1 Å². The lowest BCUT2D eigenvalue weighted by molar-refractivity contribution is -0.0567. The van der Waals surface area contributed by atoms with E-state index in [9.17, 15) is 4.79 Å². The van der Waals surface area contributed by atoms with Crippen LogP contribution in [0.5, 0.6) is 0 Å². The summed E-state index contributed by atoms with van der Waals surface area (Å²) in [7, 11) is 0. The van der Waals surface area contributed by atoms with Gasteiger partial charge in [-0.2, -0.15) is 0 Å². The van der Waals surface area contributed by atoms with Gasteiger partial charge in [0.2, 0.25) is 0 Å². The highest BCUT2D eigenvalue weighted by Crippen LogP contribution is 2.27. The molecule has 2 aliphatic rings. The van der Waals surface area contributed by atoms with Crippen molar-refractivity contribution in [2.45, 2.75) is 58.3 Å². The molecule has 1 N–H and O–H groups in total. The third-order valence-electron chi connectivity index (χ3n) is 4.04. The van der Waals surface area contributed by atoms with Crippen molar-refractivity contribution in [3.63, 3.8) is 0 Å². The van der Waals surface area contributed by atoms with Crippen LogP contribution in [-0.2, 0) is 4.74 Å². The zero-order chi connectivity index (χ0) is 14.2. The fraction of sp³-hybridized carbons (Fsp3) is 0.929. The molecule has 1 amide bonds. The Bertz CT molecular complexity index is 340. The topological polar surface area (TPSA) is 44.8 Å². The number of hydrogen-bond donors (Lipinski definition) is 1. The average molecular weight is 269 g/mol. The van der Waals surface area contributed by atoms with Crippen LogP contribution in [0.2, 0.25) is 0 Å². The fourth-order valence-corrected chi connectivity index (χ4v) is 2.88. The normalized spacial score (nSPS) is 32.9. The van der Waals surface area contributed by atoms with E-state index < -0.39 is 5.60 Å². The first-order valence-electron chi connectivity index (χ1n) is 7.25. The molecule has 5 heteroatoms. The van der Waals surface area contributed by atoms with Crippen molar-refractivity contribution >= 4 is 6.09 Å². The number of carbonyl (C=O) groups excluding carboxylic acids is 1. The van der Waals surface area contributed by atoms with Gasteiger partial charge in [-0.15, -0.1) is 0 Å². The molecule has 0 aromatic carbocycles. The molecule has 2 saturated heterocycles. The predicted molar refractivity (Wildman–Crippen MR) is 75.2 cm³/mol.